The number of carbonyl (C=O) groups excluding carboxylic acids is 1. The van der Waals surface area contributed by atoms with Crippen molar-refractivity contribution < 1.29 is 9.53 Å². The van der Waals surface area contributed by atoms with E-state index >= 15 is 0 Å². The number of rotatable bonds is 2. The Balaban J connectivity index is 2.25. The smallest absolute Gasteiger partial charge is 0.319 e. The molecule has 1 radical (unpaired) electrons. The molecule has 4 heteroatoms. The molecule has 0 aromatic carbocycles. The van der Waals surface area contributed by atoms with Gasteiger partial charge in [0.1, 0.15) is 5.25 Å². The van der Waals surface area contributed by atoms with Crippen molar-refractivity contribution in [2.75, 3.05) is 12.4 Å². The average molecular weight is 177 g/mol. The minimum atomic E-state index is -0.0752. The van der Waals surface area contributed by atoms with Crippen LogP contribution in [0.5, 0.6) is 0 Å². The standard InChI is InChI=1S/C6H9O2S2/c1-2-8-6(7)5-3-9-4-10-5/h4-5H,2-3H2,1H3. The van der Waals surface area contributed by atoms with Crippen molar-refractivity contribution >= 4 is 29.5 Å². The van der Waals surface area contributed by atoms with Crippen LogP contribution in [-0.4, -0.2) is 23.6 Å². The van der Waals surface area contributed by atoms with Crippen LogP contribution in [0.4, 0.5) is 0 Å². The molecule has 1 aliphatic heterocycles. The van der Waals surface area contributed by atoms with E-state index in [1.165, 1.54) is 0 Å². The third-order valence-electron chi connectivity index (χ3n) is 1.08. The molecule has 2 nitrogen and oxygen atoms in total. The first-order chi connectivity index (χ1) is 4.84. The van der Waals surface area contributed by atoms with Crippen molar-refractivity contribution in [2.24, 2.45) is 0 Å². The van der Waals surface area contributed by atoms with E-state index in [-0.39, 0.29) is 11.2 Å². The Morgan fingerprint density at radius 2 is 2.70 bits per heavy atom. The summed E-state index contributed by atoms with van der Waals surface area (Å²) in [6.07, 6.45) is 0. The Morgan fingerprint density at radius 1 is 1.90 bits per heavy atom. The second-order valence-corrected chi connectivity index (χ2v) is 4.08. The van der Waals surface area contributed by atoms with E-state index < -0.39 is 0 Å². The lowest BCUT2D eigenvalue weighted by molar-refractivity contribution is -0.141. The third kappa shape index (κ3) is 2.09. The quantitative estimate of drug-likeness (QED) is 0.597. The van der Waals surface area contributed by atoms with E-state index in [0.717, 1.165) is 5.75 Å². The van der Waals surface area contributed by atoms with E-state index in [1.807, 2.05) is 12.0 Å². The van der Waals surface area contributed by atoms with Crippen LogP contribution in [0.2, 0.25) is 0 Å². The zero-order chi connectivity index (χ0) is 7.40. The van der Waals surface area contributed by atoms with Crippen LogP contribution in [0.15, 0.2) is 0 Å². The van der Waals surface area contributed by atoms with Crippen LogP contribution < -0.4 is 0 Å². The lowest BCUT2D eigenvalue weighted by atomic mass is 10.5. The summed E-state index contributed by atoms with van der Waals surface area (Å²) in [4.78, 5) is 11.0. The Bertz CT molecular complexity index is 121. The molecule has 1 heterocycles. The Morgan fingerprint density at radius 3 is 3.20 bits per heavy atom. The summed E-state index contributed by atoms with van der Waals surface area (Å²) in [5.74, 6) is 0.789. The Hall–Kier alpha value is 0.170. The van der Waals surface area contributed by atoms with Gasteiger partial charge in [0.2, 0.25) is 0 Å². The van der Waals surface area contributed by atoms with Crippen molar-refractivity contribution in [3.63, 3.8) is 0 Å². The topological polar surface area (TPSA) is 26.3 Å². The van der Waals surface area contributed by atoms with E-state index in [4.69, 9.17) is 4.74 Å². The van der Waals surface area contributed by atoms with Crippen molar-refractivity contribution in [2.45, 2.75) is 12.2 Å². The average Bonchev–Trinajstić information content (AvgIpc) is 2.38. The van der Waals surface area contributed by atoms with Gasteiger partial charge in [0.05, 0.1) is 11.7 Å². The van der Waals surface area contributed by atoms with E-state index in [0.29, 0.717) is 6.61 Å². The van der Waals surface area contributed by atoms with E-state index in [9.17, 15) is 4.79 Å². The van der Waals surface area contributed by atoms with Gasteiger partial charge in [-0.3, -0.25) is 4.79 Å². The molecule has 0 saturated carbocycles. The van der Waals surface area contributed by atoms with Crippen molar-refractivity contribution in [1.29, 1.82) is 0 Å². The number of carbonyl (C=O) groups is 1. The van der Waals surface area contributed by atoms with Crippen LogP contribution >= 0.6 is 23.5 Å². The highest BCUT2D eigenvalue weighted by atomic mass is 32.2. The molecular formula is C6H9O2S2. The molecule has 1 fully saturated rings. The van der Waals surface area contributed by atoms with Crippen LogP contribution in [0.3, 0.4) is 0 Å². The summed E-state index contributed by atoms with van der Waals surface area (Å²) in [6.45, 7) is 2.31. The minimum absolute atomic E-state index is 0.0462. The van der Waals surface area contributed by atoms with Crippen LogP contribution in [0.1, 0.15) is 6.92 Å². The molecule has 0 spiro atoms. The number of hydrogen-bond acceptors (Lipinski definition) is 4. The summed E-state index contributed by atoms with van der Waals surface area (Å²) < 4.78 is 4.83. The van der Waals surface area contributed by atoms with Gasteiger partial charge in [0.15, 0.2) is 0 Å². The van der Waals surface area contributed by atoms with Crippen LogP contribution in [0.25, 0.3) is 0 Å². The van der Waals surface area contributed by atoms with Gasteiger partial charge in [-0.25, -0.2) is 0 Å². The first-order valence-electron chi connectivity index (χ1n) is 3.10. The lowest BCUT2D eigenvalue weighted by Gasteiger charge is -2.04. The molecule has 0 bridgehead atoms. The maximum absolute atomic E-state index is 11.0. The maximum Gasteiger partial charge on any atom is 0.319 e. The normalized spacial score (nSPS) is 24.7. The molecule has 0 aromatic heterocycles. The highest BCUT2D eigenvalue weighted by Crippen LogP contribution is 2.34. The fourth-order valence-electron chi connectivity index (χ4n) is 0.631. The molecule has 0 aromatic rings. The monoisotopic (exact) mass is 177 g/mol. The number of hydrogen-bond donors (Lipinski definition) is 0. The van der Waals surface area contributed by atoms with Crippen molar-refractivity contribution in [1.82, 2.24) is 0 Å². The predicted octanol–water partition coefficient (Wildman–Crippen LogP) is 1.52. The van der Waals surface area contributed by atoms with Gasteiger partial charge >= 0.3 is 5.97 Å². The van der Waals surface area contributed by atoms with Crippen LogP contribution in [0, 0.1) is 5.08 Å². The van der Waals surface area contributed by atoms with Crippen molar-refractivity contribution in [3.05, 3.63) is 5.08 Å². The summed E-state index contributed by atoms with van der Waals surface area (Å²) in [5, 5.41) is 2.03. The minimum Gasteiger partial charge on any atom is -0.465 e. The van der Waals surface area contributed by atoms with E-state index in [2.05, 4.69) is 0 Å². The fourth-order valence-corrected chi connectivity index (χ4v) is 2.84. The van der Waals surface area contributed by atoms with Gasteiger partial charge in [-0.1, -0.05) is 0 Å². The van der Waals surface area contributed by atoms with Gasteiger partial charge in [-0.2, -0.15) is 0 Å². The van der Waals surface area contributed by atoms with Gasteiger partial charge in [0, 0.05) is 5.75 Å². The second-order valence-electron chi connectivity index (χ2n) is 1.81. The fraction of sp³-hybridized carbons (Fsp3) is 0.667. The third-order valence-corrected chi connectivity index (χ3v) is 3.50. The molecule has 0 amide bonds. The highest BCUT2D eigenvalue weighted by Gasteiger charge is 2.24. The maximum atomic E-state index is 11.0. The first kappa shape index (κ1) is 8.27. The molecule has 57 valence electrons. The first-order valence-corrected chi connectivity index (χ1v) is 5.09. The molecule has 1 atom stereocenters. The Labute approximate surface area is 69.1 Å². The molecule has 0 N–H and O–H groups in total. The predicted molar refractivity (Wildman–Crippen MR) is 44.8 cm³/mol. The molecule has 1 saturated heterocycles. The van der Waals surface area contributed by atoms with Crippen molar-refractivity contribution in [3.8, 4) is 0 Å². The second kappa shape index (κ2) is 4.13. The summed E-state index contributed by atoms with van der Waals surface area (Å²) in [7, 11) is 0. The van der Waals surface area contributed by atoms with Crippen LogP contribution in [-0.2, 0) is 9.53 Å². The Kier molecular flexibility index (Phi) is 3.42. The zero-order valence-electron chi connectivity index (χ0n) is 5.70. The SMILES string of the molecule is CCOC(=O)C1CS[CH]S1. The summed E-state index contributed by atoms with van der Waals surface area (Å²) in [5.41, 5.74) is 0. The molecule has 10 heavy (non-hydrogen) atoms. The largest absolute Gasteiger partial charge is 0.465 e. The molecule has 0 aliphatic carbocycles. The number of ether oxygens (including phenoxy) is 1. The number of esters is 1. The van der Waals surface area contributed by atoms with Gasteiger partial charge < -0.3 is 4.74 Å². The highest BCUT2D eigenvalue weighted by molar-refractivity contribution is 8.23. The van der Waals surface area contributed by atoms with Gasteiger partial charge in [-0.05, 0) is 6.92 Å². The molecular weight excluding hydrogens is 168 g/mol. The molecule has 1 unspecified atom stereocenters. The lowest BCUT2D eigenvalue weighted by Crippen LogP contribution is -2.19. The summed E-state index contributed by atoms with van der Waals surface area (Å²) >= 11 is 3.23. The zero-order valence-corrected chi connectivity index (χ0v) is 7.33. The van der Waals surface area contributed by atoms with Gasteiger partial charge in [-0.15, -0.1) is 23.5 Å². The molecule has 1 aliphatic rings. The number of thioether (sulfide) groups is 2. The summed E-state index contributed by atoms with van der Waals surface area (Å²) in [6, 6.07) is 0. The van der Waals surface area contributed by atoms with E-state index in [1.54, 1.807) is 23.5 Å². The molecule has 1 rings (SSSR count). The van der Waals surface area contributed by atoms with Gasteiger partial charge in [0.25, 0.3) is 0 Å².